The van der Waals surface area contributed by atoms with Gasteiger partial charge in [0.15, 0.2) is 5.82 Å². The number of carbonyl (C=O) groups is 1. The molecule has 2 aliphatic rings. The van der Waals surface area contributed by atoms with Crippen molar-refractivity contribution in [3.63, 3.8) is 0 Å². The highest BCUT2D eigenvalue weighted by Crippen LogP contribution is 2.31. The Morgan fingerprint density at radius 2 is 2.00 bits per heavy atom. The molecule has 28 heavy (non-hydrogen) atoms. The number of carbonyl (C=O) groups excluding carboxylic acids is 1. The number of hydrogen-bond donors (Lipinski definition) is 2. The molecule has 2 atom stereocenters. The number of pyridine rings is 1. The van der Waals surface area contributed by atoms with Gasteiger partial charge >= 0.3 is 0 Å². The summed E-state index contributed by atoms with van der Waals surface area (Å²) in [5, 5.41) is 6.09. The summed E-state index contributed by atoms with van der Waals surface area (Å²) in [5.41, 5.74) is 0.625. The predicted molar refractivity (Wildman–Crippen MR) is 108 cm³/mol. The van der Waals surface area contributed by atoms with Crippen LogP contribution in [0.1, 0.15) is 30.1 Å². The quantitative estimate of drug-likeness (QED) is 0.854. The largest absolute Gasteiger partial charge is 0.372 e. The van der Waals surface area contributed by atoms with Crippen molar-refractivity contribution in [1.82, 2.24) is 10.3 Å². The first-order chi connectivity index (χ1) is 13.6. The summed E-state index contributed by atoms with van der Waals surface area (Å²) in [6, 6.07) is 10.3. The minimum absolute atomic E-state index is 0.0246. The fraction of sp³-hybridized carbons (Fsp3) is 0.381. The van der Waals surface area contributed by atoms with E-state index < -0.39 is 11.7 Å². The van der Waals surface area contributed by atoms with Crippen LogP contribution in [0.25, 0.3) is 0 Å². The number of rotatable bonds is 4. The van der Waals surface area contributed by atoms with Crippen molar-refractivity contribution in [2.24, 2.45) is 10.9 Å². The molecule has 2 unspecified atom stereocenters. The van der Waals surface area contributed by atoms with E-state index in [4.69, 9.17) is 0 Å². The third-order valence-corrected chi connectivity index (χ3v) is 5.57. The smallest absolute Gasteiger partial charge is 0.258 e. The van der Waals surface area contributed by atoms with Gasteiger partial charge in [-0.05, 0) is 49.9 Å². The molecule has 3 heterocycles. The number of amides is 1. The number of nitrogens with one attached hydrogen (secondary N) is 2. The van der Waals surface area contributed by atoms with Gasteiger partial charge in [-0.3, -0.25) is 9.79 Å². The minimum Gasteiger partial charge on any atom is -0.372 e. The van der Waals surface area contributed by atoms with Gasteiger partial charge in [0, 0.05) is 25.3 Å². The van der Waals surface area contributed by atoms with Crippen LogP contribution in [0.15, 0.2) is 47.6 Å². The summed E-state index contributed by atoms with van der Waals surface area (Å²) in [6.45, 7) is 3.87. The second-order valence-electron chi connectivity index (χ2n) is 7.36. The average molecular weight is 381 g/mol. The molecule has 146 valence electrons. The maximum absolute atomic E-state index is 13.9. The van der Waals surface area contributed by atoms with Crippen molar-refractivity contribution >= 4 is 23.8 Å². The number of anilines is 2. The van der Waals surface area contributed by atoms with Gasteiger partial charge in [0.2, 0.25) is 0 Å². The molecular formula is C21H24FN5O. The Hall–Kier alpha value is -2.96. The molecule has 1 aromatic heterocycles. The van der Waals surface area contributed by atoms with Crippen molar-refractivity contribution in [2.45, 2.75) is 31.8 Å². The first-order valence-electron chi connectivity index (χ1n) is 9.67. The highest BCUT2D eigenvalue weighted by molar-refractivity contribution is 6.05. The first-order valence-corrected chi connectivity index (χ1v) is 9.67. The van der Waals surface area contributed by atoms with E-state index in [0.29, 0.717) is 23.7 Å². The van der Waals surface area contributed by atoms with Gasteiger partial charge in [0.05, 0.1) is 23.6 Å². The fourth-order valence-electron chi connectivity index (χ4n) is 4.04. The van der Waals surface area contributed by atoms with Crippen LogP contribution in [0.4, 0.5) is 15.9 Å². The number of benzene rings is 1. The molecule has 0 bridgehead atoms. The number of aliphatic imine (C=N–C) groups is 1. The zero-order valence-electron chi connectivity index (χ0n) is 15.8. The predicted octanol–water partition coefficient (Wildman–Crippen LogP) is 3.08. The van der Waals surface area contributed by atoms with Gasteiger partial charge in [0.1, 0.15) is 5.82 Å². The zero-order chi connectivity index (χ0) is 19.5. The number of nitrogens with zero attached hydrogens (tertiary/aromatic N) is 3. The lowest BCUT2D eigenvalue weighted by atomic mass is 9.86. The summed E-state index contributed by atoms with van der Waals surface area (Å²) >= 11 is 0. The zero-order valence-corrected chi connectivity index (χ0v) is 15.8. The topological polar surface area (TPSA) is 69.6 Å². The Morgan fingerprint density at radius 3 is 2.71 bits per heavy atom. The van der Waals surface area contributed by atoms with E-state index >= 15 is 0 Å². The summed E-state index contributed by atoms with van der Waals surface area (Å²) in [4.78, 5) is 23.8. The molecule has 0 spiro atoms. The van der Waals surface area contributed by atoms with Gasteiger partial charge < -0.3 is 15.5 Å². The number of hydrogen-bond acceptors (Lipinski definition) is 5. The molecule has 0 saturated carbocycles. The minimum atomic E-state index is -0.536. The van der Waals surface area contributed by atoms with Crippen LogP contribution in [0.2, 0.25) is 0 Å². The maximum atomic E-state index is 13.9. The first kappa shape index (κ1) is 18.4. The monoisotopic (exact) mass is 381 g/mol. The van der Waals surface area contributed by atoms with Crippen molar-refractivity contribution < 1.29 is 9.18 Å². The molecule has 6 nitrogen and oxygen atoms in total. The molecule has 1 saturated heterocycles. The number of piperidine rings is 1. The molecule has 1 amide bonds. The van der Waals surface area contributed by atoms with Gasteiger partial charge in [-0.25, -0.2) is 9.37 Å². The standard InChI is InChI=1S/C21H24FN5O/c1-14-19(25-13-24-14)15-8-11-27(12-9-15)20-18(7-4-10-23-20)26-21(28)16-5-2-3-6-17(16)22/h2-7,10,13-15,19H,8-9,11-12H2,1H3,(H,24,25)(H,26,28). The Labute approximate surface area is 163 Å². The maximum Gasteiger partial charge on any atom is 0.258 e. The van der Waals surface area contributed by atoms with Gasteiger partial charge in [-0.15, -0.1) is 0 Å². The van der Waals surface area contributed by atoms with Crippen molar-refractivity contribution in [3.8, 4) is 0 Å². The molecule has 4 rings (SSSR count). The summed E-state index contributed by atoms with van der Waals surface area (Å²) in [6.07, 6.45) is 5.57. The van der Waals surface area contributed by atoms with Crippen LogP contribution in [0.3, 0.4) is 0 Å². The second-order valence-corrected chi connectivity index (χ2v) is 7.36. The van der Waals surface area contributed by atoms with E-state index in [9.17, 15) is 9.18 Å². The summed E-state index contributed by atoms with van der Waals surface area (Å²) < 4.78 is 13.9. The van der Waals surface area contributed by atoms with E-state index in [1.165, 1.54) is 12.1 Å². The lowest BCUT2D eigenvalue weighted by molar-refractivity contribution is 0.102. The molecule has 2 aliphatic heterocycles. The van der Waals surface area contributed by atoms with Crippen molar-refractivity contribution in [3.05, 3.63) is 54.0 Å². The molecule has 0 radical (unpaired) electrons. The van der Waals surface area contributed by atoms with E-state index in [0.717, 1.165) is 31.7 Å². The lowest BCUT2D eigenvalue weighted by Crippen LogP contribution is -2.42. The van der Waals surface area contributed by atoms with Crippen LogP contribution in [-0.4, -0.2) is 42.4 Å². The Balaban J connectivity index is 1.46. The number of aromatic nitrogens is 1. The number of halogens is 1. The van der Waals surface area contributed by atoms with Crippen LogP contribution in [-0.2, 0) is 0 Å². The Bertz CT molecular complexity index is 879. The molecule has 2 N–H and O–H groups in total. The van der Waals surface area contributed by atoms with E-state index in [2.05, 4.69) is 32.4 Å². The molecule has 7 heteroatoms. The molecule has 1 fully saturated rings. The highest BCUT2D eigenvalue weighted by atomic mass is 19.1. The van der Waals surface area contributed by atoms with E-state index in [1.807, 2.05) is 6.34 Å². The van der Waals surface area contributed by atoms with Crippen LogP contribution in [0, 0.1) is 11.7 Å². The molecular weight excluding hydrogens is 357 g/mol. The Morgan fingerprint density at radius 1 is 1.21 bits per heavy atom. The molecule has 1 aromatic carbocycles. The molecule has 2 aromatic rings. The van der Waals surface area contributed by atoms with Crippen molar-refractivity contribution in [2.75, 3.05) is 23.3 Å². The molecule has 0 aliphatic carbocycles. The van der Waals surface area contributed by atoms with E-state index in [1.54, 1.807) is 30.5 Å². The van der Waals surface area contributed by atoms with Gasteiger partial charge in [-0.2, -0.15) is 0 Å². The third-order valence-electron chi connectivity index (χ3n) is 5.57. The normalized spacial score (nSPS) is 22.1. The summed E-state index contributed by atoms with van der Waals surface area (Å²) in [7, 11) is 0. The second kappa shape index (κ2) is 7.96. The van der Waals surface area contributed by atoms with Gasteiger partial charge in [0.25, 0.3) is 5.91 Å². The Kier molecular flexibility index (Phi) is 5.23. The van der Waals surface area contributed by atoms with Crippen molar-refractivity contribution in [1.29, 1.82) is 0 Å². The van der Waals surface area contributed by atoms with Crippen LogP contribution in [0.5, 0.6) is 0 Å². The fourth-order valence-corrected chi connectivity index (χ4v) is 4.04. The van der Waals surface area contributed by atoms with Crippen LogP contribution >= 0.6 is 0 Å². The highest BCUT2D eigenvalue weighted by Gasteiger charge is 2.32. The van der Waals surface area contributed by atoms with Gasteiger partial charge in [-0.1, -0.05) is 12.1 Å². The third kappa shape index (κ3) is 3.69. The van der Waals surface area contributed by atoms with E-state index in [-0.39, 0.29) is 5.56 Å². The summed E-state index contributed by atoms with van der Waals surface area (Å²) in [5.74, 6) is 0.262. The average Bonchev–Trinajstić information content (AvgIpc) is 3.15. The van der Waals surface area contributed by atoms with Crippen LogP contribution < -0.4 is 15.5 Å². The SMILES string of the molecule is CC1NC=NC1C1CCN(c2ncccc2NC(=O)c2ccccc2F)CC1. The lowest BCUT2D eigenvalue weighted by Gasteiger charge is -2.36.